The molecule has 0 aliphatic heterocycles. The van der Waals surface area contributed by atoms with E-state index in [9.17, 15) is 9.90 Å². The number of carbonyl (C=O) groups is 1. The van der Waals surface area contributed by atoms with Crippen LogP contribution in [0.15, 0.2) is 54.6 Å². The topological polar surface area (TPSA) is 46.5 Å². The number of hydrogen-bond acceptors (Lipinski definition) is 3. The molecule has 1 N–H and O–H groups in total. The number of carbonyl (C=O) groups excluding carboxylic acids is 1. The summed E-state index contributed by atoms with van der Waals surface area (Å²) in [4.78, 5) is 10.8. The normalized spacial score (nSPS) is 11.1. The largest absolute Gasteiger partial charge is 0.507 e. The number of benzene rings is 3. The molecule has 0 radical (unpaired) electrons. The van der Waals surface area contributed by atoms with Crippen LogP contribution in [0.1, 0.15) is 11.1 Å². The zero-order valence-electron chi connectivity index (χ0n) is 13.6. The molecule has 3 nitrogen and oxygen atoms in total. The molecule has 0 unspecified atom stereocenters. The van der Waals surface area contributed by atoms with Gasteiger partial charge < -0.3 is 9.84 Å². The zero-order valence-corrected chi connectivity index (χ0v) is 13.6. The van der Waals surface area contributed by atoms with Crippen LogP contribution in [0.2, 0.25) is 0 Å². The van der Waals surface area contributed by atoms with Gasteiger partial charge in [-0.1, -0.05) is 42.5 Å². The van der Waals surface area contributed by atoms with Gasteiger partial charge in [0.2, 0.25) is 0 Å². The van der Waals surface area contributed by atoms with E-state index >= 15 is 0 Å². The van der Waals surface area contributed by atoms with Crippen LogP contribution in [0.5, 0.6) is 11.5 Å². The molecule has 0 aromatic heterocycles. The van der Waals surface area contributed by atoms with Crippen molar-refractivity contribution in [1.29, 1.82) is 0 Å². The quantitative estimate of drug-likeness (QED) is 0.558. The average molecular weight is 318 g/mol. The zero-order chi connectivity index (χ0) is 17.1. The van der Waals surface area contributed by atoms with Gasteiger partial charge in [-0.15, -0.1) is 0 Å². The van der Waals surface area contributed by atoms with Crippen LogP contribution in [0.3, 0.4) is 0 Å². The summed E-state index contributed by atoms with van der Waals surface area (Å²) in [5.41, 5.74) is 3.56. The SMILES string of the molecule is COc1ccc(-c2c(C)c(O)c3ccccc3c2/C=C/C=O)cc1. The number of allylic oxidation sites excluding steroid dienone is 1. The first kappa shape index (κ1) is 15.8. The summed E-state index contributed by atoms with van der Waals surface area (Å²) < 4.78 is 5.21. The summed E-state index contributed by atoms with van der Waals surface area (Å²) in [5.74, 6) is 1.03. The van der Waals surface area contributed by atoms with Crippen molar-refractivity contribution in [3.8, 4) is 22.6 Å². The van der Waals surface area contributed by atoms with E-state index in [0.717, 1.165) is 45.1 Å². The molecule has 3 aromatic rings. The maximum Gasteiger partial charge on any atom is 0.142 e. The predicted octanol–water partition coefficient (Wildman–Crippen LogP) is 4.74. The van der Waals surface area contributed by atoms with Gasteiger partial charge in [0.1, 0.15) is 17.8 Å². The summed E-state index contributed by atoms with van der Waals surface area (Å²) in [6.07, 6.45) is 4.03. The van der Waals surface area contributed by atoms with Gasteiger partial charge in [0.15, 0.2) is 0 Å². The van der Waals surface area contributed by atoms with Crippen molar-refractivity contribution in [1.82, 2.24) is 0 Å². The predicted molar refractivity (Wildman–Crippen MR) is 97.4 cm³/mol. The summed E-state index contributed by atoms with van der Waals surface area (Å²) >= 11 is 0. The maximum atomic E-state index is 10.8. The third-order valence-electron chi connectivity index (χ3n) is 4.19. The van der Waals surface area contributed by atoms with E-state index in [1.165, 1.54) is 6.08 Å². The Bertz CT molecular complexity index is 922. The Morgan fingerprint density at radius 1 is 1.00 bits per heavy atom. The molecule has 0 bridgehead atoms. The summed E-state index contributed by atoms with van der Waals surface area (Å²) in [7, 11) is 1.63. The Hall–Kier alpha value is -3.07. The first-order valence-corrected chi connectivity index (χ1v) is 7.68. The van der Waals surface area contributed by atoms with Crippen molar-refractivity contribution < 1.29 is 14.6 Å². The van der Waals surface area contributed by atoms with Gasteiger partial charge >= 0.3 is 0 Å². The molecule has 0 aliphatic rings. The van der Waals surface area contributed by atoms with Crippen LogP contribution >= 0.6 is 0 Å². The fourth-order valence-corrected chi connectivity index (χ4v) is 3.02. The third-order valence-corrected chi connectivity index (χ3v) is 4.19. The molecule has 0 spiro atoms. The van der Waals surface area contributed by atoms with Crippen molar-refractivity contribution in [2.45, 2.75) is 6.92 Å². The molecule has 0 aliphatic carbocycles. The highest BCUT2D eigenvalue weighted by molar-refractivity contribution is 6.03. The van der Waals surface area contributed by atoms with Crippen molar-refractivity contribution >= 4 is 23.1 Å². The van der Waals surface area contributed by atoms with Gasteiger partial charge in [-0.25, -0.2) is 0 Å². The fourth-order valence-electron chi connectivity index (χ4n) is 3.02. The molecule has 0 fully saturated rings. The number of aldehydes is 1. The summed E-state index contributed by atoms with van der Waals surface area (Å²) in [5, 5.41) is 12.3. The Morgan fingerprint density at radius 3 is 2.29 bits per heavy atom. The van der Waals surface area contributed by atoms with E-state index in [-0.39, 0.29) is 5.75 Å². The molecular formula is C21H18O3. The summed E-state index contributed by atoms with van der Waals surface area (Å²) in [6.45, 7) is 1.89. The van der Waals surface area contributed by atoms with Crippen LogP contribution in [0, 0.1) is 6.92 Å². The lowest BCUT2D eigenvalue weighted by molar-refractivity contribution is -0.104. The molecule has 3 heteroatoms. The van der Waals surface area contributed by atoms with E-state index in [1.54, 1.807) is 13.2 Å². The average Bonchev–Trinajstić information content (AvgIpc) is 2.63. The summed E-state index contributed by atoms with van der Waals surface area (Å²) in [6, 6.07) is 15.3. The minimum Gasteiger partial charge on any atom is -0.507 e. The molecule has 3 rings (SSSR count). The highest BCUT2D eigenvalue weighted by Gasteiger charge is 2.16. The minimum atomic E-state index is 0.264. The molecule has 0 saturated carbocycles. The van der Waals surface area contributed by atoms with Crippen molar-refractivity contribution in [3.05, 3.63) is 65.7 Å². The van der Waals surface area contributed by atoms with Crippen LogP contribution in [-0.2, 0) is 4.79 Å². The van der Waals surface area contributed by atoms with E-state index < -0.39 is 0 Å². The fraction of sp³-hybridized carbons (Fsp3) is 0.0952. The van der Waals surface area contributed by atoms with Gasteiger partial charge in [-0.05, 0) is 52.8 Å². The van der Waals surface area contributed by atoms with Crippen LogP contribution in [0.25, 0.3) is 28.0 Å². The van der Waals surface area contributed by atoms with Gasteiger partial charge in [0.25, 0.3) is 0 Å². The van der Waals surface area contributed by atoms with Crippen molar-refractivity contribution in [3.63, 3.8) is 0 Å². The standard InChI is InChI=1S/C21H18O3/c1-14-20(15-9-11-16(24-2)12-10-15)18(8-5-13-22)17-6-3-4-7-19(17)21(14)23/h3-13,23H,1-2H3/b8-5+. The molecular weight excluding hydrogens is 300 g/mol. The number of phenols is 1. The Kier molecular flexibility index (Phi) is 4.34. The second-order valence-electron chi connectivity index (χ2n) is 5.53. The van der Waals surface area contributed by atoms with Crippen LogP contribution < -0.4 is 4.74 Å². The molecule has 24 heavy (non-hydrogen) atoms. The molecule has 0 atom stereocenters. The Balaban J connectivity index is 2.37. The molecule has 3 aromatic carbocycles. The number of ether oxygens (including phenoxy) is 1. The van der Waals surface area contributed by atoms with Crippen molar-refractivity contribution in [2.75, 3.05) is 7.11 Å². The smallest absolute Gasteiger partial charge is 0.142 e. The van der Waals surface area contributed by atoms with Gasteiger partial charge in [0, 0.05) is 5.39 Å². The van der Waals surface area contributed by atoms with Crippen molar-refractivity contribution in [2.24, 2.45) is 0 Å². The lowest BCUT2D eigenvalue weighted by Gasteiger charge is -2.16. The highest BCUT2D eigenvalue weighted by atomic mass is 16.5. The Morgan fingerprint density at radius 2 is 1.67 bits per heavy atom. The number of phenolic OH excluding ortho intramolecular Hbond substituents is 1. The number of fused-ring (bicyclic) bond motifs is 1. The van der Waals surface area contributed by atoms with E-state index in [0.29, 0.717) is 0 Å². The number of aromatic hydroxyl groups is 1. The molecule has 120 valence electrons. The lowest BCUT2D eigenvalue weighted by atomic mass is 9.89. The first-order valence-electron chi connectivity index (χ1n) is 7.68. The lowest BCUT2D eigenvalue weighted by Crippen LogP contribution is -1.93. The Labute approximate surface area is 140 Å². The van der Waals surface area contributed by atoms with Gasteiger partial charge in [-0.2, -0.15) is 0 Å². The second-order valence-corrected chi connectivity index (χ2v) is 5.53. The van der Waals surface area contributed by atoms with Crippen LogP contribution in [-0.4, -0.2) is 18.5 Å². The first-order chi connectivity index (χ1) is 11.7. The number of hydrogen-bond donors (Lipinski definition) is 1. The second kappa shape index (κ2) is 6.59. The van der Waals surface area contributed by atoms with Crippen LogP contribution in [0.4, 0.5) is 0 Å². The number of methoxy groups -OCH3 is 1. The highest BCUT2D eigenvalue weighted by Crippen LogP contribution is 2.41. The maximum absolute atomic E-state index is 10.8. The minimum absolute atomic E-state index is 0.264. The molecule has 0 amide bonds. The monoisotopic (exact) mass is 318 g/mol. The van der Waals surface area contributed by atoms with E-state index in [2.05, 4.69) is 0 Å². The molecule has 0 saturated heterocycles. The third kappa shape index (κ3) is 2.65. The molecule has 0 heterocycles. The van der Waals surface area contributed by atoms with Gasteiger partial charge in [-0.3, -0.25) is 4.79 Å². The number of rotatable bonds is 4. The van der Waals surface area contributed by atoms with Gasteiger partial charge in [0.05, 0.1) is 7.11 Å². The van der Waals surface area contributed by atoms with E-state index in [1.807, 2.05) is 55.5 Å². The van der Waals surface area contributed by atoms with E-state index in [4.69, 9.17) is 4.74 Å².